The van der Waals surface area contributed by atoms with Gasteiger partial charge in [0.25, 0.3) is 0 Å². The number of rotatable bonds is 3. The molecule has 2 rings (SSSR count). The SMILES string of the molecule is Cc1ccc(N(C)CC2CCNC2)nn1. The number of nitrogens with one attached hydrogen (secondary N) is 1. The lowest BCUT2D eigenvalue weighted by atomic mass is 10.1. The van der Waals surface area contributed by atoms with Gasteiger partial charge >= 0.3 is 0 Å². The lowest BCUT2D eigenvalue weighted by molar-refractivity contribution is 0.574. The van der Waals surface area contributed by atoms with Crippen LogP contribution in [0, 0.1) is 12.8 Å². The molecule has 0 spiro atoms. The van der Waals surface area contributed by atoms with Crippen LogP contribution in [0.1, 0.15) is 12.1 Å². The van der Waals surface area contributed by atoms with Gasteiger partial charge in [0, 0.05) is 13.6 Å². The number of hydrogen-bond donors (Lipinski definition) is 1. The monoisotopic (exact) mass is 206 g/mol. The molecular formula is C11H18N4. The van der Waals surface area contributed by atoms with Crippen molar-refractivity contribution in [2.24, 2.45) is 5.92 Å². The third-order valence-corrected chi connectivity index (χ3v) is 2.87. The van der Waals surface area contributed by atoms with Gasteiger partial charge in [0.2, 0.25) is 0 Å². The lowest BCUT2D eigenvalue weighted by Gasteiger charge is -2.20. The number of anilines is 1. The fraction of sp³-hybridized carbons (Fsp3) is 0.636. The second-order valence-corrected chi connectivity index (χ2v) is 4.27. The molecule has 0 aliphatic carbocycles. The summed E-state index contributed by atoms with van der Waals surface area (Å²) in [7, 11) is 2.08. The van der Waals surface area contributed by atoms with E-state index in [1.807, 2.05) is 19.1 Å². The van der Waals surface area contributed by atoms with Crippen LogP contribution >= 0.6 is 0 Å². The minimum atomic E-state index is 0.748. The highest BCUT2D eigenvalue weighted by atomic mass is 15.2. The standard InChI is InChI=1S/C11H18N4/c1-9-3-4-11(14-13-9)15(2)8-10-5-6-12-7-10/h3-4,10,12H,5-8H2,1-2H3. The van der Waals surface area contributed by atoms with Gasteiger partial charge in [0.1, 0.15) is 0 Å². The Labute approximate surface area is 90.7 Å². The van der Waals surface area contributed by atoms with Crippen molar-refractivity contribution >= 4 is 5.82 Å². The first kappa shape index (κ1) is 10.4. The van der Waals surface area contributed by atoms with Crippen LogP contribution in [0.5, 0.6) is 0 Å². The van der Waals surface area contributed by atoms with E-state index in [0.717, 1.165) is 37.1 Å². The second kappa shape index (κ2) is 4.57. The quantitative estimate of drug-likeness (QED) is 0.795. The summed E-state index contributed by atoms with van der Waals surface area (Å²) in [4.78, 5) is 2.18. The Hall–Kier alpha value is -1.16. The summed E-state index contributed by atoms with van der Waals surface area (Å²) in [5, 5.41) is 11.6. The number of nitrogens with zero attached hydrogens (tertiary/aromatic N) is 3. The zero-order valence-electron chi connectivity index (χ0n) is 9.40. The van der Waals surface area contributed by atoms with Crippen molar-refractivity contribution in [2.75, 3.05) is 31.6 Å². The predicted molar refractivity (Wildman–Crippen MR) is 61.0 cm³/mol. The first-order valence-electron chi connectivity index (χ1n) is 5.48. The summed E-state index contributed by atoms with van der Waals surface area (Å²) in [5.41, 5.74) is 0.967. The van der Waals surface area contributed by atoms with Gasteiger partial charge in [-0.25, -0.2) is 0 Å². The summed E-state index contributed by atoms with van der Waals surface area (Å²) in [6, 6.07) is 4.04. The summed E-state index contributed by atoms with van der Waals surface area (Å²) in [6.07, 6.45) is 1.27. The Kier molecular flexibility index (Phi) is 3.16. The van der Waals surface area contributed by atoms with Gasteiger partial charge in [-0.1, -0.05) is 0 Å². The molecule has 1 N–H and O–H groups in total. The molecule has 0 radical (unpaired) electrons. The molecule has 4 heteroatoms. The van der Waals surface area contributed by atoms with Crippen molar-refractivity contribution in [3.63, 3.8) is 0 Å². The third kappa shape index (κ3) is 2.65. The number of hydrogen-bond acceptors (Lipinski definition) is 4. The van der Waals surface area contributed by atoms with Gasteiger partial charge in [-0.2, -0.15) is 5.10 Å². The summed E-state index contributed by atoms with van der Waals surface area (Å²) in [6.45, 7) is 5.30. The second-order valence-electron chi connectivity index (χ2n) is 4.27. The molecule has 1 atom stereocenters. The molecule has 0 amide bonds. The van der Waals surface area contributed by atoms with Crippen molar-refractivity contribution in [2.45, 2.75) is 13.3 Å². The number of aryl methyl sites for hydroxylation is 1. The summed E-state index contributed by atoms with van der Waals surface area (Å²) >= 11 is 0. The Morgan fingerprint density at radius 3 is 2.93 bits per heavy atom. The van der Waals surface area contributed by atoms with Gasteiger partial charge in [0.15, 0.2) is 5.82 Å². The highest BCUT2D eigenvalue weighted by Gasteiger charge is 2.16. The van der Waals surface area contributed by atoms with E-state index in [1.165, 1.54) is 6.42 Å². The van der Waals surface area contributed by atoms with Crippen LogP contribution in [0.25, 0.3) is 0 Å². The first-order chi connectivity index (χ1) is 7.25. The van der Waals surface area contributed by atoms with E-state index < -0.39 is 0 Å². The van der Waals surface area contributed by atoms with Crippen LogP contribution in [0.2, 0.25) is 0 Å². The average molecular weight is 206 g/mol. The highest BCUT2D eigenvalue weighted by Crippen LogP contribution is 2.13. The predicted octanol–water partition coefficient (Wildman–Crippen LogP) is 0.831. The molecule has 0 bridgehead atoms. The molecule has 1 aromatic heterocycles. The van der Waals surface area contributed by atoms with Gasteiger partial charge < -0.3 is 10.2 Å². The average Bonchev–Trinajstić information content (AvgIpc) is 2.71. The fourth-order valence-corrected chi connectivity index (χ4v) is 1.95. The Balaban J connectivity index is 1.94. The minimum absolute atomic E-state index is 0.748. The number of aromatic nitrogens is 2. The first-order valence-corrected chi connectivity index (χ1v) is 5.48. The Morgan fingerprint density at radius 2 is 2.33 bits per heavy atom. The molecule has 4 nitrogen and oxygen atoms in total. The maximum atomic E-state index is 4.18. The minimum Gasteiger partial charge on any atom is -0.358 e. The van der Waals surface area contributed by atoms with E-state index in [4.69, 9.17) is 0 Å². The molecule has 15 heavy (non-hydrogen) atoms. The molecule has 1 aromatic rings. The fourth-order valence-electron chi connectivity index (χ4n) is 1.95. The molecular weight excluding hydrogens is 188 g/mol. The van der Waals surface area contributed by atoms with E-state index in [1.54, 1.807) is 0 Å². The molecule has 82 valence electrons. The molecule has 1 fully saturated rings. The third-order valence-electron chi connectivity index (χ3n) is 2.87. The lowest BCUT2D eigenvalue weighted by Crippen LogP contribution is -2.27. The van der Waals surface area contributed by atoms with Crippen molar-refractivity contribution in [1.82, 2.24) is 15.5 Å². The molecule has 1 saturated heterocycles. The van der Waals surface area contributed by atoms with Crippen molar-refractivity contribution < 1.29 is 0 Å². The molecule has 0 aromatic carbocycles. The molecule has 0 saturated carbocycles. The maximum Gasteiger partial charge on any atom is 0.150 e. The van der Waals surface area contributed by atoms with Crippen molar-refractivity contribution in [3.8, 4) is 0 Å². The summed E-state index contributed by atoms with van der Waals surface area (Å²) in [5.74, 6) is 1.71. The van der Waals surface area contributed by atoms with E-state index in [9.17, 15) is 0 Å². The van der Waals surface area contributed by atoms with Crippen LogP contribution in [0.3, 0.4) is 0 Å². The zero-order chi connectivity index (χ0) is 10.7. The van der Waals surface area contributed by atoms with Gasteiger partial charge in [-0.15, -0.1) is 5.10 Å². The van der Waals surface area contributed by atoms with Crippen molar-refractivity contribution in [3.05, 3.63) is 17.8 Å². The largest absolute Gasteiger partial charge is 0.358 e. The van der Waals surface area contributed by atoms with Crippen molar-refractivity contribution in [1.29, 1.82) is 0 Å². The topological polar surface area (TPSA) is 41.0 Å². The van der Waals surface area contributed by atoms with E-state index >= 15 is 0 Å². The summed E-state index contributed by atoms with van der Waals surface area (Å²) < 4.78 is 0. The van der Waals surface area contributed by atoms with Gasteiger partial charge in [-0.05, 0) is 44.5 Å². The van der Waals surface area contributed by atoms with E-state index in [-0.39, 0.29) is 0 Å². The Morgan fingerprint density at radius 1 is 1.47 bits per heavy atom. The van der Waals surface area contributed by atoms with Crippen LogP contribution < -0.4 is 10.2 Å². The van der Waals surface area contributed by atoms with Crippen LogP contribution in [0.15, 0.2) is 12.1 Å². The molecule has 2 heterocycles. The van der Waals surface area contributed by atoms with E-state index in [2.05, 4.69) is 27.5 Å². The van der Waals surface area contributed by atoms with E-state index in [0.29, 0.717) is 0 Å². The molecule has 1 aliphatic rings. The van der Waals surface area contributed by atoms with Crippen LogP contribution in [-0.4, -0.2) is 36.9 Å². The van der Waals surface area contributed by atoms with Crippen LogP contribution in [-0.2, 0) is 0 Å². The molecule has 1 aliphatic heterocycles. The van der Waals surface area contributed by atoms with Crippen LogP contribution in [0.4, 0.5) is 5.82 Å². The zero-order valence-corrected chi connectivity index (χ0v) is 9.40. The Bertz CT molecular complexity index is 303. The highest BCUT2D eigenvalue weighted by molar-refractivity contribution is 5.36. The van der Waals surface area contributed by atoms with Gasteiger partial charge in [0.05, 0.1) is 5.69 Å². The molecule has 1 unspecified atom stereocenters. The smallest absolute Gasteiger partial charge is 0.150 e. The van der Waals surface area contributed by atoms with Gasteiger partial charge in [-0.3, -0.25) is 0 Å². The maximum absolute atomic E-state index is 4.18. The normalized spacial score (nSPS) is 20.5.